The summed E-state index contributed by atoms with van der Waals surface area (Å²) in [4.78, 5) is 13.1. The quantitative estimate of drug-likeness (QED) is 0.499. The molecule has 5 rings (SSSR count). The molecule has 1 aromatic carbocycles. The van der Waals surface area contributed by atoms with Gasteiger partial charge in [0.05, 0.1) is 12.9 Å². The molecule has 4 N–H and O–H groups in total. The normalized spacial score (nSPS) is 29.1. The smallest absolute Gasteiger partial charge is 0.167 e. The molecule has 1 aliphatic heterocycles. The lowest BCUT2D eigenvalue weighted by atomic mass is 9.88. The second-order valence-electron chi connectivity index (χ2n) is 7.63. The number of fused-ring (bicyclic) bond motifs is 2. The van der Waals surface area contributed by atoms with Gasteiger partial charge >= 0.3 is 0 Å². The number of anilines is 1. The number of ether oxygens (including phenoxy) is 1. The largest absolute Gasteiger partial charge is 0.394 e. The third-order valence-corrected chi connectivity index (χ3v) is 5.84. The Balaban J connectivity index is 1.41. The fraction of sp³-hybridized carbons (Fsp3) is 0.450. The van der Waals surface area contributed by atoms with Gasteiger partial charge in [0.1, 0.15) is 24.6 Å². The number of benzene rings is 1. The van der Waals surface area contributed by atoms with Crippen molar-refractivity contribution >= 4 is 17.0 Å². The molecule has 0 radical (unpaired) electrons. The molecule has 1 saturated heterocycles. The van der Waals surface area contributed by atoms with Gasteiger partial charge in [-0.25, -0.2) is 15.0 Å². The number of aryl methyl sites for hydroxylation is 1. The first-order valence-corrected chi connectivity index (χ1v) is 9.79. The molecule has 9 nitrogen and oxygen atoms in total. The average molecular weight is 397 g/mol. The highest BCUT2D eigenvalue weighted by atomic mass is 16.6. The second kappa shape index (κ2) is 7.34. The lowest BCUT2D eigenvalue weighted by molar-refractivity contribution is -0.0511. The van der Waals surface area contributed by atoms with Gasteiger partial charge < -0.3 is 25.4 Å². The Kier molecular flexibility index (Phi) is 4.67. The number of hydrogen-bond acceptors (Lipinski definition) is 8. The van der Waals surface area contributed by atoms with Crippen LogP contribution in [0.3, 0.4) is 0 Å². The molecule has 0 bridgehead atoms. The Morgan fingerprint density at radius 2 is 1.93 bits per heavy atom. The Morgan fingerprint density at radius 1 is 1.10 bits per heavy atom. The zero-order chi connectivity index (χ0) is 20.0. The van der Waals surface area contributed by atoms with E-state index in [0.717, 1.165) is 19.3 Å². The first-order valence-electron chi connectivity index (χ1n) is 9.79. The van der Waals surface area contributed by atoms with E-state index in [9.17, 15) is 15.3 Å². The molecule has 3 heterocycles. The molecular formula is C20H23N5O4. The van der Waals surface area contributed by atoms with Crippen LogP contribution in [-0.4, -0.2) is 65.8 Å². The molecular weight excluding hydrogens is 374 g/mol. The van der Waals surface area contributed by atoms with E-state index < -0.39 is 24.5 Å². The molecule has 29 heavy (non-hydrogen) atoms. The van der Waals surface area contributed by atoms with Crippen LogP contribution in [-0.2, 0) is 17.6 Å². The number of nitrogens with one attached hydrogen (secondary N) is 1. The number of nitrogens with zero attached hydrogens (tertiary/aromatic N) is 4. The van der Waals surface area contributed by atoms with Crippen molar-refractivity contribution in [3.05, 3.63) is 48.0 Å². The number of imidazole rings is 1. The summed E-state index contributed by atoms with van der Waals surface area (Å²) in [5.41, 5.74) is 3.81. The standard InChI is InChI=1S/C20H23N5O4/c26-8-14-16(27)17(28)20(29-14)25-10-23-15-18(21-9-22-19(15)25)24-13-6-5-11-3-1-2-4-12(11)7-13/h1-4,9-10,13-14,16-17,20,26-28H,5-8H2,(H,21,22,24)/t13-,14-,16-,17-,20-/m1/s1. The highest BCUT2D eigenvalue weighted by molar-refractivity contribution is 5.82. The van der Waals surface area contributed by atoms with Gasteiger partial charge in [-0.15, -0.1) is 0 Å². The minimum absolute atomic E-state index is 0.238. The van der Waals surface area contributed by atoms with Crippen molar-refractivity contribution in [3.63, 3.8) is 0 Å². The molecule has 5 atom stereocenters. The van der Waals surface area contributed by atoms with Crippen LogP contribution < -0.4 is 5.32 Å². The Labute approximate surface area is 167 Å². The summed E-state index contributed by atoms with van der Waals surface area (Å²) in [6.07, 6.45) is 1.79. The van der Waals surface area contributed by atoms with Gasteiger partial charge in [-0.2, -0.15) is 0 Å². The number of hydrogen-bond donors (Lipinski definition) is 4. The Hall–Kier alpha value is -2.59. The molecule has 1 fully saturated rings. The molecule has 0 amide bonds. The Bertz CT molecular complexity index is 1030. The van der Waals surface area contributed by atoms with E-state index in [0.29, 0.717) is 17.0 Å². The zero-order valence-corrected chi connectivity index (χ0v) is 15.7. The molecule has 1 aliphatic carbocycles. The van der Waals surface area contributed by atoms with E-state index in [4.69, 9.17) is 4.74 Å². The van der Waals surface area contributed by atoms with E-state index in [1.165, 1.54) is 23.8 Å². The van der Waals surface area contributed by atoms with Gasteiger partial charge in [0.25, 0.3) is 0 Å². The molecule has 152 valence electrons. The van der Waals surface area contributed by atoms with Crippen molar-refractivity contribution in [3.8, 4) is 0 Å². The minimum Gasteiger partial charge on any atom is -0.394 e. The summed E-state index contributed by atoms with van der Waals surface area (Å²) >= 11 is 0. The number of aromatic nitrogens is 4. The highest BCUT2D eigenvalue weighted by Crippen LogP contribution is 2.32. The van der Waals surface area contributed by atoms with Crippen LogP contribution in [0.4, 0.5) is 5.82 Å². The van der Waals surface area contributed by atoms with Crippen LogP contribution in [0.5, 0.6) is 0 Å². The van der Waals surface area contributed by atoms with Gasteiger partial charge in [0, 0.05) is 6.04 Å². The molecule has 2 aliphatic rings. The average Bonchev–Trinajstić information content (AvgIpc) is 3.30. The minimum atomic E-state index is -1.19. The molecule has 0 saturated carbocycles. The first-order chi connectivity index (χ1) is 14.2. The van der Waals surface area contributed by atoms with Crippen molar-refractivity contribution in [1.29, 1.82) is 0 Å². The summed E-state index contributed by atoms with van der Waals surface area (Å²) in [7, 11) is 0. The Morgan fingerprint density at radius 3 is 2.72 bits per heavy atom. The van der Waals surface area contributed by atoms with Crippen LogP contribution in [0, 0.1) is 0 Å². The fourth-order valence-corrected chi connectivity index (χ4v) is 4.27. The van der Waals surface area contributed by atoms with Crippen LogP contribution in [0.25, 0.3) is 11.2 Å². The van der Waals surface area contributed by atoms with Crippen molar-refractivity contribution in [1.82, 2.24) is 19.5 Å². The third kappa shape index (κ3) is 3.16. The fourth-order valence-electron chi connectivity index (χ4n) is 4.27. The van der Waals surface area contributed by atoms with Crippen molar-refractivity contribution in [2.24, 2.45) is 0 Å². The lowest BCUT2D eigenvalue weighted by Gasteiger charge is -2.25. The van der Waals surface area contributed by atoms with Crippen LogP contribution in [0.15, 0.2) is 36.9 Å². The lowest BCUT2D eigenvalue weighted by Crippen LogP contribution is -2.33. The number of rotatable bonds is 4. The molecule has 3 aromatic rings. The van der Waals surface area contributed by atoms with Crippen LogP contribution in [0.1, 0.15) is 23.8 Å². The topological polar surface area (TPSA) is 126 Å². The third-order valence-electron chi connectivity index (χ3n) is 5.84. The van der Waals surface area contributed by atoms with Gasteiger partial charge in [-0.05, 0) is 30.4 Å². The molecule has 0 spiro atoms. The van der Waals surface area contributed by atoms with Gasteiger partial charge in [0.2, 0.25) is 0 Å². The predicted molar refractivity (Wildman–Crippen MR) is 104 cm³/mol. The number of aliphatic hydroxyl groups is 3. The highest BCUT2D eigenvalue weighted by Gasteiger charge is 2.44. The van der Waals surface area contributed by atoms with Gasteiger partial charge in [-0.3, -0.25) is 4.57 Å². The molecule has 2 aromatic heterocycles. The van der Waals surface area contributed by atoms with E-state index in [2.05, 4.69) is 44.5 Å². The molecule has 0 unspecified atom stereocenters. The van der Waals surface area contributed by atoms with E-state index >= 15 is 0 Å². The van der Waals surface area contributed by atoms with E-state index in [1.54, 1.807) is 4.57 Å². The SMILES string of the molecule is OC[C@H]1O[C@@H](n2cnc3c(N[C@@H]4CCc5ccccc5C4)ncnc32)[C@H](O)[C@@H]1O. The van der Waals surface area contributed by atoms with Crippen molar-refractivity contribution in [2.45, 2.75) is 49.8 Å². The second-order valence-corrected chi connectivity index (χ2v) is 7.63. The molecule has 9 heteroatoms. The summed E-state index contributed by atoms with van der Waals surface area (Å²) < 4.78 is 7.18. The van der Waals surface area contributed by atoms with E-state index in [-0.39, 0.29) is 12.6 Å². The maximum atomic E-state index is 10.3. The maximum absolute atomic E-state index is 10.3. The summed E-state index contributed by atoms with van der Waals surface area (Å²) in [5, 5.41) is 33.2. The van der Waals surface area contributed by atoms with Crippen LogP contribution in [0.2, 0.25) is 0 Å². The monoisotopic (exact) mass is 397 g/mol. The van der Waals surface area contributed by atoms with Crippen LogP contribution >= 0.6 is 0 Å². The number of aliphatic hydroxyl groups excluding tert-OH is 3. The van der Waals surface area contributed by atoms with Crippen molar-refractivity contribution in [2.75, 3.05) is 11.9 Å². The summed E-state index contributed by atoms with van der Waals surface area (Å²) in [5.74, 6) is 0.630. The van der Waals surface area contributed by atoms with Gasteiger partial charge in [0.15, 0.2) is 23.2 Å². The summed E-state index contributed by atoms with van der Waals surface area (Å²) in [6.45, 7) is -0.383. The summed E-state index contributed by atoms with van der Waals surface area (Å²) in [6, 6.07) is 8.71. The van der Waals surface area contributed by atoms with E-state index in [1.807, 2.05) is 0 Å². The zero-order valence-electron chi connectivity index (χ0n) is 15.7. The first kappa shape index (κ1) is 18.4. The van der Waals surface area contributed by atoms with Crippen molar-refractivity contribution < 1.29 is 20.1 Å². The predicted octanol–water partition coefficient (Wildman–Crippen LogP) is 0.407. The van der Waals surface area contributed by atoms with Gasteiger partial charge in [-0.1, -0.05) is 24.3 Å². The maximum Gasteiger partial charge on any atom is 0.167 e.